The van der Waals surface area contributed by atoms with E-state index in [1.54, 1.807) is 6.07 Å². The minimum Gasteiger partial charge on any atom is -0.349 e. The maximum atomic E-state index is 13.4. The van der Waals surface area contributed by atoms with E-state index in [0.717, 1.165) is 16.0 Å². The zero-order chi connectivity index (χ0) is 24.9. The summed E-state index contributed by atoms with van der Waals surface area (Å²) in [7, 11) is 0. The van der Waals surface area contributed by atoms with Crippen molar-refractivity contribution in [3.63, 3.8) is 0 Å². The fourth-order valence-electron chi connectivity index (χ4n) is 3.99. The van der Waals surface area contributed by atoms with Gasteiger partial charge in [0, 0.05) is 36.6 Å². The number of hydrogen-bond donors (Lipinski definition) is 2. The second kappa shape index (κ2) is 11.2. The highest BCUT2D eigenvalue weighted by Gasteiger charge is 2.42. The van der Waals surface area contributed by atoms with Crippen LogP contribution >= 0.6 is 34.5 Å². The molecule has 2 heterocycles. The molecule has 1 saturated heterocycles. The quantitative estimate of drug-likeness (QED) is 0.486. The van der Waals surface area contributed by atoms with E-state index < -0.39 is 18.0 Å². The molecule has 3 amide bonds. The fraction of sp³-hybridized carbons (Fsp3) is 0.240. The standard InChI is InChI=1S/C25H24Cl2N4O3S/c26-20-7-6-18(12-21(20)27)25(34)31-9-8-30(22(32)13-19-5-2-10-35-19)24(31)23(33)29-15-17-4-1-3-16(11-17)14-28/h1-7,10-12,24H,8-9,13-15,28H2,(H,29,33). The highest BCUT2D eigenvalue weighted by molar-refractivity contribution is 7.10. The highest BCUT2D eigenvalue weighted by atomic mass is 35.5. The predicted molar refractivity (Wildman–Crippen MR) is 137 cm³/mol. The van der Waals surface area contributed by atoms with E-state index in [1.165, 1.54) is 33.3 Å². The minimum absolute atomic E-state index is 0.162. The van der Waals surface area contributed by atoms with Crippen LogP contribution in [0.1, 0.15) is 26.4 Å². The van der Waals surface area contributed by atoms with Crippen LogP contribution in [0.4, 0.5) is 0 Å². The Labute approximate surface area is 217 Å². The van der Waals surface area contributed by atoms with E-state index in [4.69, 9.17) is 28.9 Å². The number of nitrogens with two attached hydrogens (primary N) is 1. The molecule has 1 fully saturated rings. The summed E-state index contributed by atoms with van der Waals surface area (Å²) in [6.07, 6.45) is -0.920. The van der Waals surface area contributed by atoms with Gasteiger partial charge in [0.1, 0.15) is 0 Å². The number of halogens is 2. The van der Waals surface area contributed by atoms with Gasteiger partial charge < -0.3 is 20.9 Å². The van der Waals surface area contributed by atoms with Gasteiger partial charge >= 0.3 is 0 Å². The maximum absolute atomic E-state index is 13.4. The van der Waals surface area contributed by atoms with Crippen LogP contribution in [0.2, 0.25) is 10.0 Å². The van der Waals surface area contributed by atoms with Gasteiger partial charge in [0.15, 0.2) is 6.17 Å². The molecular weight excluding hydrogens is 507 g/mol. The predicted octanol–water partition coefficient (Wildman–Crippen LogP) is 3.68. The van der Waals surface area contributed by atoms with Gasteiger partial charge in [-0.1, -0.05) is 53.5 Å². The lowest BCUT2D eigenvalue weighted by Crippen LogP contribution is -2.54. The van der Waals surface area contributed by atoms with Gasteiger partial charge in [-0.2, -0.15) is 0 Å². The molecular formula is C25H24Cl2N4O3S. The first-order valence-corrected chi connectivity index (χ1v) is 12.6. The highest BCUT2D eigenvalue weighted by Crippen LogP contribution is 2.26. The molecule has 0 spiro atoms. The van der Waals surface area contributed by atoms with Crippen LogP contribution in [-0.4, -0.2) is 46.8 Å². The summed E-state index contributed by atoms with van der Waals surface area (Å²) in [5.74, 6) is -1.06. The van der Waals surface area contributed by atoms with Gasteiger partial charge in [-0.3, -0.25) is 14.4 Å². The molecule has 3 aromatic rings. The number of benzene rings is 2. The number of amides is 3. The monoisotopic (exact) mass is 530 g/mol. The minimum atomic E-state index is -1.08. The van der Waals surface area contributed by atoms with E-state index in [0.29, 0.717) is 17.1 Å². The number of rotatable bonds is 7. The van der Waals surface area contributed by atoms with Gasteiger partial charge in [0.05, 0.1) is 16.5 Å². The van der Waals surface area contributed by atoms with Gasteiger partial charge in [-0.05, 0) is 40.8 Å². The van der Waals surface area contributed by atoms with Gasteiger partial charge in [-0.15, -0.1) is 11.3 Å². The molecule has 35 heavy (non-hydrogen) atoms. The normalized spacial score (nSPS) is 15.3. The number of nitrogens with one attached hydrogen (secondary N) is 1. The van der Waals surface area contributed by atoms with Crippen LogP contribution in [0.5, 0.6) is 0 Å². The molecule has 0 saturated carbocycles. The average Bonchev–Trinajstić information content (AvgIpc) is 3.54. The molecule has 0 radical (unpaired) electrons. The summed E-state index contributed by atoms with van der Waals surface area (Å²) in [6.45, 7) is 1.10. The summed E-state index contributed by atoms with van der Waals surface area (Å²) in [4.78, 5) is 43.7. The molecule has 1 aliphatic heterocycles. The van der Waals surface area contributed by atoms with Gasteiger partial charge in [0.25, 0.3) is 11.8 Å². The van der Waals surface area contributed by atoms with Crippen molar-refractivity contribution in [2.24, 2.45) is 5.73 Å². The van der Waals surface area contributed by atoms with Crippen LogP contribution in [0, 0.1) is 0 Å². The SMILES string of the molecule is NCc1cccc(CNC(=O)C2N(C(=O)Cc3cccs3)CCN2C(=O)c2ccc(Cl)c(Cl)c2)c1. The van der Waals surface area contributed by atoms with Crippen molar-refractivity contribution in [2.75, 3.05) is 13.1 Å². The zero-order valence-electron chi connectivity index (χ0n) is 18.7. The number of thiophene rings is 1. The molecule has 1 unspecified atom stereocenters. The molecule has 7 nitrogen and oxygen atoms in total. The number of carbonyl (C=O) groups excluding carboxylic acids is 3. The van der Waals surface area contributed by atoms with Crippen molar-refractivity contribution in [1.29, 1.82) is 0 Å². The lowest BCUT2D eigenvalue weighted by Gasteiger charge is -2.29. The Balaban J connectivity index is 1.57. The Morgan fingerprint density at radius 3 is 2.46 bits per heavy atom. The molecule has 1 aromatic heterocycles. The van der Waals surface area contributed by atoms with Crippen molar-refractivity contribution in [3.05, 3.63) is 91.6 Å². The summed E-state index contributed by atoms with van der Waals surface area (Å²) in [6, 6.07) is 15.9. The molecule has 4 rings (SSSR count). The summed E-state index contributed by atoms with van der Waals surface area (Å²) >= 11 is 13.6. The first-order chi connectivity index (χ1) is 16.9. The lowest BCUT2D eigenvalue weighted by atomic mass is 10.1. The smallest absolute Gasteiger partial charge is 0.264 e. The Morgan fingerprint density at radius 2 is 1.74 bits per heavy atom. The molecule has 0 aliphatic carbocycles. The van der Waals surface area contributed by atoms with Crippen molar-refractivity contribution in [3.8, 4) is 0 Å². The van der Waals surface area contributed by atoms with Gasteiger partial charge in [-0.25, -0.2) is 0 Å². The van der Waals surface area contributed by atoms with Gasteiger partial charge in [0.2, 0.25) is 5.91 Å². The Hall–Kier alpha value is -2.91. The lowest BCUT2D eigenvalue weighted by molar-refractivity contribution is -0.140. The van der Waals surface area contributed by atoms with E-state index in [9.17, 15) is 14.4 Å². The van der Waals surface area contributed by atoms with Crippen LogP contribution in [0.3, 0.4) is 0 Å². The number of hydrogen-bond acceptors (Lipinski definition) is 5. The third kappa shape index (κ3) is 5.85. The number of carbonyl (C=O) groups is 3. The zero-order valence-corrected chi connectivity index (χ0v) is 21.1. The number of nitrogens with zero attached hydrogens (tertiary/aromatic N) is 2. The van der Waals surface area contributed by atoms with E-state index in [-0.39, 0.29) is 37.0 Å². The second-order valence-electron chi connectivity index (χ2n) is 8.09. The average molecular weight is 531 g/mol. The van der Waals surface area contributed by atoms with Crippen LogP contribution in [0.15, 0.2) is 60.0 Å². The molecule has 182 valence electrons. The van der Waals surface area contributed by atoms with Crippen molar-refractivity contribution >= 4 is 52.3 Å². The van der Waals surface area contributed by atoms with E-state index in [1.807, 2.05) is 41.8 Å². The van der Waals surface area contributed by atoms with Crippen LogP contribution in [-0.2, 0) is 29.1 Å². The molecule has 0 bridgehead atoms. The largest absolute Gasteiger partial charge is 0.349 e. The maximum Gasteiger partial charge on any atom is 0.264 e. The third-order valence-corrected chi connectivity index (χ3v) is 7.37. The molecule has 10 heteroatoms. The van der Waals surface area contributed by atoms with E-state index in [2.05, 4.69) is 5.32 Å². The Bertz CT molecular complexity index is 1240. The topological polar surface area (TPSA) is 95.7 Å². The third-order valence-electron chi connectivity index (χ3n) is 5.75. The fourth-order valence-corrected chi connectivity index (χ4v) is 4.98. The summed E-state index contributed by atoms with van der Waals surface area (Å²) < 4.78 is 0. The second-order valence-corrected chi connectivity index (χ2v) is 9.93. The first kappa shape index (κ1) is 25.2. The molecule has 1 aliphatic rings. The Kier molecular flexibility index (Phi) is 8.07. The van der Waals surface area contributed by atoms with Crippen molar-refractivity contribution in [1.82, 2.24) is 15.1 Å². The molecule has 1 atom stereocenters. The summed E-state index contributed by atoms with van der Waals surface area (Å²) in [5.41, 5.74) is 7.83. The molecule has 3 N–H and O–H groups in total. The van der Waals surface area contributed by atoms with Crippen LogP contribution in [0.25, 0.3) is 0 Å². The van der Waals surface area contributed by atoms with Crippen molar-refractivity contribution in [2.45, 2.75) is 25.7 Å². The Morgan fingerprint density at radius 1 is 0.971 bits per heavy atom. The summed E-state index contributed by atoms with van der Waals surface area (Å²) in [5, 5.41) is 5.34. The van der Waals surface area contributed by atoms with Crippen LogP contribution < -0.4 is 11.1 Å². The van der Waals surface area contributed by atoms with E-state index >= 15 is 0 Å². The first-order valence-electron chi connectivity index (χ1n) is 11.0. The molecule has 2 aromatic carbocycles. The van der Waals surface area contributed by atoms with Crippen molar-refractivity contribution < 1.29 is 14.4 Å².